The predicted octanol–water partition coefficient (Wildman–Crippen LogP) is 2.68. The van der Waals surface area contributed by atoms with Gasteiger partial charge in [-0.3, -0.25) is 0 Å². The first-order chi connectivity index (χ1) is 8.67. The van der Waals surface area contributed by atoms with Crippen LogP contribution < -0.4 is 0 Å². The summed E-state index contributed by atoms with van der Waals surface area (Å²) in [6.45, 7) is 5.30. The van der Waals surface area contributed by atoms with Gasteiger partial charge in [0.05, 0.1) is 6.10 Å². The Balaban J connectivity index is 2.43. The summed E-state index contributed by atoms with van der Waals surface area (Å²) in [4.78, 5) is 13.5. The van der Waals surface area contributed by atoms with Crippen LogP contribution in [0, 0.1) is 0 Å². The van der Waals surface area contributed by atoms with Crippen molar-refractivity contribution in [3.63, 3.8) is 0 Å². The van der Waals surface area contributed by atoms with E-state index in [4.69, 9.17) is 9.47 Å². The van der Waals surface area contributed by atoms with Crippen LogP contribution in [0.3, 0.4) is 0 Å². The van der Waals surface area contributed by atoms with Gasteiger partial charge in [-0.15, -0.1) is 0 Å². The van der Waals surface area contributed by atoms with Gasteiger partial charge in [-0.05, 0) is 19.4 Å². The van der Waals surface area contributed by atoms with E-state index >= 15 is 0 Å². The zero-order valence-corrected chi connectivity index (χ0v) is 11.3. The fraction of sp³-hybridized carbons (Fsp3) is 0.500. The molecular formula is C14H21NO3. The number of likely N-dealkylation sites (N-methyl/N-ethyl adjacent to an activating group) is 1. The Labute approximate surface area is 108 Å². The van der Waals surface area contributed by atoms with E-state index in [1.165, 1.54) is 0 Å². The summed E-state index contributed by atoms with van der Waals surface area (Å²) in [5.74, 6) is 0. The van der Waals surface area contributed by atoms with Gasteiger partial charge in [0.15, 0.2) is 0 Å². The van der Waals surface area contributed by atoms with Crippen molar-refractivity contribution >= 4 is 6.09 Å². The highest BCUT2D eigenvalue weighted by molar-refractivity contribution is 5.67. The molecule has 18 heavy (non-hydrogen) atoms. The summed E-state index contributed by atoms with van der Waals surface area (Å²) in [6, 6.07) is 9.65. The molecule has 0 saturated heterocycles. The van der Waals surface area contributed by atoms with Crippen molar-refractivity contribution in [3.05, 3.63) is 35.9 Å². The van der Waals surface area contributed by atoms with Crippen molar-refractivity contribution in [2.75, 3.05) is 20.2 Å². The van der Waals surface area contributed by atoms with Crippen LogP contribution in [-0.4, -0.2) is 37.3 Å². The molecule has 0 aliphatic heterocycles. The molecular weight excluding hydrogens is 230 g/mol. The van der Waals surface area contributed by atoms with Gasteiger partial charge in [-0.25, -0.2) is 4.79 Å². The van der Waals surface area contributed by atoms with E-state index < -0.39 is 0 Å². The van der Waals surface area contributed by atoms with E-state index in [2.05, 4.69) is 0 Å². The zero-order chi connectivity index (χ0) is 13.4. The SMILES string of the molecule is CCN(CC(C)OC)C(=O)OCc1ccccc1. The molecule has 0 bridgehead atoms. The molecule has 1 aromatic carbocycles. The summed E-state index contributed by atoms with van der Waals surface area (Å²) < 4.78 is 10.4. The monoisotopic (exact) mass is 251 g/mol. The average Bonchev–Trinajstić information content (AvgIpc) is 2.42. The molecule has 0 saturated carbocycles. The van der Waals surface area contributed by atoms with Crippen LogP contribution in [0.5, 0.6) is 0 Å². The smallest absolute Gasteiger partial charge is 0.410 e. The number of carbonyl (C=O) groups is 1. The topological polar surface area (TPSA) is 38.8 Å². The molecule has 0 fully saturated rings. The second-order valence-corrected chi connectivity index (χ2v) is 4.13. The Morgan fingerprint density at radius 1 is 1.33 bits per heavy atom. The highest BCUT2D eigenvalue weighted by Gasteiger charge is 2.15. The fourth-order valence-electron chi connectivity index (χ4n) is 1.53. The minimum absolute atomic E-state index is 0.00854. The van der Waals surface area contributed by atoms with Gasteiger partial charge in [-0.1, -0.05) is 30.3 Å². The Hall–Kier alpha value is -1.55. The van der Waals surface area contributed by atoms with Gasteiger partial charge in [0, 0.05) is 20.2 Å². The van der Waals surface area contributed by atoms with Gasteiger partial charge in [0.1, 0.15) is 6.61 Å². The van der Waals surface area contributed by atoms with Crippen LogP contribution in [0.4, 0.5) is 4.79 Å². The van der Waals surface area contributed by atoms with Crippen LogP contribution in [0.25, 0.3) is 0 Å². The van der Waals surface area contributed by atoms with E-state index in [1.807, 2.05) is 44.2 Å². The Morgan fingerprint density at radius 2 is 2.00 bits per heavy atom. The molecule has 0 aliphatic rings. The minimum atomic E-state index is -0.301. The Morgan fingerprint density at radius 3 is 2.56 bits per heavy atom. The summed E-state index contributed by atoms with van der Waals surface area (Å²) in [5, 5.41) is 0. The molecule has 1 amide bonds. The molecule has 1 unspecified atom stereocenters. The van der Waals surface area contributed by atoms with Gasteiger partial charge < -0.3 is 14.4 Å². The first-order valence-electron chi connectivity index (χ1n) is 6.15. The molecule has 0 aliphatic carbocycles. The number of benzene rings is 1. The number of amides is 1. The van der Waals surface area contributed by atoms with E-state index in [9.17, 15) is 4.79 Å². The molecule has 4 nitrogen and oxygen atoms in total. The van der Waals surface area contributed by atoms with Crippen molar-refractivity contribution < 1.29 is 14.3 Å². The van der Waals surface area contributed by atoms with E-state index in [0.717, 1.165) is 5.56 Å². The molecule has 4 heteroatoms. The standard InChI is InChI=1S/C14H21NO3/c1-4-15(10-12(2)17-3)14(16)18-11-13-8-6-5-7-9-13/h5-9,12H,4,10-11H2,1-3H3. The van der Waals surface area contributed by atoms with Crippen LogP contribution in [0.1, 0.15) is 19.4 Å². The molecule has 0 aromatic heterocycles. The third-order valence-electron chi connectivity index (χ3n) is 2.72. The van der Waals surface area contributed by atoms with Gasteiger partial charge in [0.2, 0.25) is 0 Å². The van der Waals surface area contributed by atoms with E-state index in [1.54, 1.807) is 12.0 Å². The maximum atomic E-state index is 11.8. The zero-order valence-electron chi connectivity index (χ0n) is 11.3. The van der Waals surface area contributed by atoms with Gasteiger partial charge >= 0.3 is 6.09 Å². The van der Waals surface area contributed by atoms with Crippen molar-refractivity contribution in [3.8, 4) is 0 Å². The molecule has 0 spiro atoms. The average molecular weight is 251 g/mol. The molecule has 0 N–H and O–H groups in total. The van der Waals surface area contributed by atoms with Crippen LogP contribution in [-0.2, 0) is 16.1 Å². The highest BCUT2D eigenvalue weighted by atomic mass is 16.6. The number of hydrogen-bond acceptors (Lipinski definition) is 3. The normalized spacial score (nSPS) is 11.9. The lowest BCUT2D eigenvalue weighted by atomic mass is 10.2. The molecule has 0 radical (unpaired) electrons. The maximum Gasteiger partial charge on any atom is 0.410 e. The quantitative estimate of drug-likeness (QED) is 0.780. The number of rotatable bonds is 6. The Kier molecular flexibility index (Phi) is 6.22. The number of methoxy groups -OCH3 is 1. The fourth-order valence-corrected chi connectivity index (χ4v) is 1.53. The molecule has 0 heterocycles. The Bertz CT molecular complexity index is 353. The lowest BCUT2D eigenvalue weighted by Crippen LogP contribution is -2.37. The molecule has 100 valence electrons. The third kappa shape index (κ3) is 4.75. The molecule has 1 aromatic rings. The second-order valence-electron chi connectivity index (χ2n) is 4.13. The summed E-state index contributed by atoms with van der Waals surface area (Å²) in [6.07, 6.45) is -0.292. The first-order valence-corrected chi connectivity index (χ1v) is 6.15. The van der Waals surface area contributed by atoms with Crippen LogP contribution in [0.2, 0.25) is 0 Å². The number of carbonyl (C=O) groups excluding carboxylic acids is 1. The molecule has 1 atom stereocenters. The predicted molar refractivity (Wildman–Crippen MR) is 70.3 cm³/mol. The lowest BCUT2D eigenvalue weighted by molar-refractivity contribution is 0.0568. The number of nitrogens with zero attached hydrogens (tertiary/aromatic N) is 1. The molecule has 1 rings (SSSR count). The lowest BCUT2D eigenvalue weighted by Gasteiger charge is -2.23. The summed E-state index contributed by atoms with van der Waals surface area (Å²) >= 11 is 0. The second kappa shape index (κ2) is 7.71. The summed E-state index contributed by atoms with van der Waals surface area (Å²) in [7, 11) is 1.63. The number of hydrogen-bond donors (Lipinski definition) is 0. The van der Waals surface area contributed by atoms with Crippen molar-refractivity contribution in [1.82, 2.24) is 4.90 Å². The number of ether oxygens (including phenoxy) is 2. The maximum absolute atomic E-state index is 11.8. The van der Waals surface area contributed by atoms with Crippen molar-refractivity contribution in [1.29, 1.82) is 0 Å². The van der Waals surface area contributed by atoms with Gasteiger partial charge in [-0.2, -0.15) is 0 Å². The van der Waals surface area contributed by atoms with Crippen molar-refractivity contribution in [2.24, 2.45) is 0 Å². The first kappa shape index (κ1) is 14.5. The van der Waals surface area contributed by atoms with Crippen LogP contribution >= 0.6 is 0 Å². The van der Waals surface area contributed by atoms with E-state index in [0.29, 0.717) is 19.7 Å². The third-order valence-corrected chi connectivity index (χ3v) is 2.72. The van der Waals surface area contributed by atoms with E-state index in [-0.39, 0.29) is 12.2 Å². The largest absolute Gasteiger partial charge is 0.445 e. The van der Waals surface area contributed by atoms with Crippen LogP contribution in [0.15, 0.2) is 30.3 Å². The van der Waals surface area contributed by atoms with Gasteiger partial charge in [0.25, 0.3) is 0 Å². The van der Waals surface area contributed by atoms with Crippen molar-refractivity contribution in [2.45, 2.75) is 26.6 Å². The minimum Gasteiger partial charge on any atom is -0.445 e. The highest BCUT2D eigenvalue weighted by Crippen LogP contribution is 2.04. The summed E-state index contributed by atoms with van der Waals surface area (Å²) in [5.41, 5.74) is 0.988.